The highest BCUT2D eigenvalue weighted by molar-refractivity contribution is 7.99. The molecule has 0 aliphatic heterocycles. The van der Waals surface area contributed by atoms with Crippen LogP contribution in [0.15, 0.2) is 48.5 Å². The Bertz CT molecular complexity index is 1020. The number of carbonyl (C=O) groups is 2. The highest BCUT2D eigenvalue weighted by Crippen LogP contribution is 2.19. The van der Waals surface area contributed by atoms with E-state index in [0.717, 1.165) is 16.9 Å². The van der Waals surface area contributed by atoms with Gasteiger partial charge in [0.15, 0.2) is 0 Å². The second kappa shape index (κ2) is 10.3. The van der Waals surface area contributed by atoms with Crippen LogP contribution in [0, 0.1) is 5.82 Å². The molecule has 0 aliphatic carbocycles. The number of aromatic nitrogens is 2. The molecule has 2 N–H and O–H groups in total. The van der Waals surface area contributed by atoms with Gasteiger partial charge in [-0.1, -0.05) is 47.2 Å². The van der Waals surface area contributed by atoms with Gasteiger partial charge in [-0.05, 0) is 29.8 Å². The third kappa shape index (κ3) is 6.52. The molecular weight excluding hydrogens is 435 g/mol. The second-order valence-electron chi connectivity index (χ2n) is 5.83. The molecule has 0 bridgehead atoms. The Kier molecular flexibility index (Phi) is 7.56. The summed E-state index contributed by atoms with van der Waals surface area (Å²) in [5, 5.41) is 14.6. The summed E-state index contributed by atoms with van der Waals surface area (Å²) in [6.45, 7) is 0.363. The SMILES string of the molecule is O=C(CSCc1nnc(C(=O)Nc2cccc(F)c2)s1)NCc1ccccc1Cl. The van der Waals surface area contributed by atoms with Crippen molar-refractivity contribution in [3.8, 4) is 0 Å². The number of amides is 2. The summed E-state index contributed by atoms with van der Waals surface area (Å²) in [5.74, 6) is -0.325. The molecule has 1 aromatic heterocycles. The maximum absolute atomic E-state index is 13.2. The molecule has 0 aliphatic rings. The van der Waals surface area contributed by atoms with Crippen LogP contribution in [0.1, 0.15) is 20.4 Å². The Hall–Kier alpha value is -2.49. The van der Waals surface area contributed by atoms with E-state index in [1.165, 1.54) is 30.0 Å². The molecule has 3 rings (SSSR count). The lowest BCUT2D eigenvalue weighted by molar-refractivity contribution is -0.118. The van der Waals surface area contributed by atoms with Crippen LogP contribution in [0.2, 0.25) is 5.02 Å². The first kappa shape index (κ1) is 21.2. The molecule has 2 aromatic carbocycles. The van der Waals surface area contributed by atoms with Gasteiger partial charge in [0.05, 0.1) is 5.75 Å². The van der Waals surface area contributed by atoms with Gasteiger partial charge in [-0.15, -0.1) is 22.0 Å². The molecule has 0 fully saturated rings. The first-order valence-electron chi connectivity index (χ1n) is 8.48. The summed E-state index contributed by atoms with van der Waals surface area (Å²) in [4.78, 5) is 24.1. The highest BCUT2D eigenvalue weighted by atomic mass is 35.5. The van der Waals surface area contributed by atoms with Gasteiger partial charge < -0.3 is 10.6 Å². The van der Waals surface area contributed by atoms with Crippen molar-refractivity contribution >= 4 is 52.2 Å². The summed E-state index contributed by atoms with van der Waals surface area (Å²) >= 11 is 8.55. The number of halogens is 2. The predicted octanol–water partition coefficient (Wildman–Crippen LogP) is 4.13. The number of thioether (sulfide) groups is 1. The van der Waals surface area contributed by atoms with Crippen LogP contribution in [-0.4, -0.2) is 27.8 Å². The van der Waals surface area contributed by atoms with E-state index in [0.29, 0.717) is 28.0 Å². The van der Waals surface area contributed by atoms with Crippen molar-refractivity contribution in [2.45, 2.75) is 12.3 Å². The summed E-state index contributed by atoms with van der Waals surface area (Å²) in [5.41, 5.74) is 1.20. The zero-order valence-electron chi connectivity index (χ0n) is 15.0. The lowest BCUT2D eigenvalue weighted by Gasteiger charge is -2.06. The van der Waals surface area contributed by atoms with Crippen molar-refractivity contribution in [2.75, 3.05) is 11.1 Å². The number of hydrogen-bond donors (Lipinski definition) is 2. The summed E-state index contributed by atoms with van der Waals surface area (Å²) < 4.78 is 13.2. The number of rotatable bonds is 8. The first-order chi connectivity index (χ1) is 14.0. The normalized spacial score (nSPS) is 10.6. The highest BCUT2D eigenvalue weighted by Gasteiger charge is 2.14. The van der Waals surface area contributed by atoms with Crippen molar-refractivity contribution in [3.05, 3.63) is 74.9 Å². The minimum Gasteiger partial charge on any atom is -0.351 e. The molecule has 0 radical (unpaired) electrons. The molecule has 2 amide bonds. The van der Waals surface area contributed by atoms with Gasteiger partial charge in [0.25, 0.3) is 5.91 Å². The molecule has 0 atom stereocenters. The zero-order chi connectivity index (χ0) is 20.6. The van der Waals surface area contributed by atoms with Gasteiger partial charge in [-0.3, -0.25) is 9.59 Å². The molecule has 1 heterocycles. The molecule has 10 heteroatoms. The Morgan fingerprint density at radius 1 is 1.14 bits per heavy atom. The number of nitrogens with zero attached hydrogens (tertiary/aromatic N) is 2. The number of benzene rings is 2. The smallest absolute Gasteiger partial charge is 0.286 e. The average Bonchev–Trinajstić information content (AvgIpc) is 3.16. The van der Waals surface area contributed by atoms with Crippen molar-refractivity contribution in [2.24, 2.45) is 0 Å². The van der Waals surface area contributed by atoms with Crippen molar-refractivity contribution in [1.82, 2.24) is 15.5 Å². The molecule has 6 nitrogen and oxygen atoms in total. The third-order valence-corrected chi connectivity index (χ3v) is 6.05. The molecule has 150 valence electrons. The van der Waals surface area contributed by atoms with Crippen LogP contribution in [0.3, 0.4) is 0 Å². The van der Waals surface area contributed by atoms with Crippen LogP contribution in [-0.2, 0) is 17.1 Å². The number of carbonyl (C=O) groups excluding carboxylic acids is 2. The van der Waals surface area contributed by atoms with E-state index in [9.17, 15) is 14.0 Å². The van der Waals surface area contributed by atoms with E-state index in [2.05, 4.69) is 20.8 Å². The Morgan fingerprint density at radius 2 is 1.97 bits per heavy atom. The molecule has 0 saturated carbocycles. The van der Waals surface area contributed by atoms with Crippen LogP contribution in [0.25, 0.3) is 0 Å². The van der Waals surface area contributed by atoms with Gasteiger partial charge in [0, 0.05) is 23.0 Å². The Morgan fingerprint density at radius 3 is 2.76 bits per heavy atom. The van der Waals surface area contributed by atoms with Gasteiger partial charge in [0.1, 0.15) is 10.8 Å². The monoisotopic (exact) mass is 450 g/mol. The van der Waals surface area contributed by atoms with Crippen molar-refractivity contribution in [3.63, 3.8) is 0 Å². The standard InChI is InChI=1S/C19H16ClFN4O2S2/c20-15-7-2-1-4-12(15)9-22-16(26)10-28-11-17-24-25-19(29-17)18(27)23-14-6-3-5-13(21)8-14/h1-8H,9-11H2,(H,22,26)(H,23,27). The van der Waals surface area contributed by atoms with Gasteiger partial charge >= 0.3 is 0 Å². The fourth-order valence-corrected chi connectivity index (χ4v) is 4.11. The Labute approximate surface area is 179 Å². The average molecular weight is 451 g/mol. The van der Waals surface area contributed by atoms with Crippen LogP contribution in [0.5, 0.6) is 0 Å². The molecule has 0 spiro atoms. The van der Waals surface area contributed by atoms with Crippen LogP contribution in [0.4, 0.5) is 10.1 Å². The lowest BCUT2D eigenvalue weighted by Crippen LogP contribution is -2.24. The Balaban J connectivity index is 1.42. The maximum atomic E-state index is 13.2. The second-order valence-corrected chi connectivity index (χ2v) is 8.28. The van der Waals surface area contributed by atoms with Crippen LogP contribution < -0.4 is 10.6 Å². The molecular formula is C19H16ClFN4O2S2. The minimum absolute atomic E-state index is 0.122. The zero-order valence-corrected chi connectivity index (χ0v) is 17.4. The van der Waals surface area contributed by atoms with E-state index in [4.69, 9.17) is 11.6 Å². The molecule has 29 heavy (non-hydrogen) atoms. The van der Waals surface area contributed by atoms with Crippen molar-refractivity contribution < 1.29 is 14.0 Å². The van der Waals surface area contributed by atoms with E-state index in [1.807, 2.05) is 18.2 Å². The van der Waals surface area contributed by atoms with E-state index < -0.39 is 11.7 Å². The van der Waals surface area contributed by atoms with E-state index in [-0.39, 0.29) is 16.7 Å². The van der Waals surface area contributed by atoms with E-state index in [1.54, 1.807) is 12.1 Å². The number of anilines is 1. The minimum atomic E-state index is -0.457. The number of hydrogen-bond acceptors (Lipinski definition) is 6. The third-order valence-electron chi connectivity index (χ3n) is 3.64. The fraction of sp³-hybridized carbons (Fsp3) is 0.158. The quantitative estimate of drug-likeness (QED) is 0.539. The maximum Gasteiger partial charge on any atom is 0.286 e. The largest absolute Gasteiger partial charge is 0.351 e. The van der Waals surface area contributed by atoms with Gasteiger partial charge in [0.2, 0.25) is 10.9 Å². The molecule has 0 saturated heterocycles. The topological polar surface area (TPSA) is 84.0 Å². The lowest BCUT2D eigenvalue weighted by atomic mass is 10.2. The number of nitrogens with one attached hydrogen (secondary N) is 2. The summed E-state index contributed by atoms with van der Waals surface area (Å²) in [6, 6.07) is 12.9. The molecule has 0 unspecified atom stereocenters. The predicted molar refractivity (Wildman–Crippen MR) is 114 cm³/mol. The van der Waals surface area contributed by atoms with Gasteiger partial charge in [-0.25, -0.2) is 4.39 Å². The van der Waals surface area contributed by atoms with Crippen molar-refractivity contribution in [1.29, 1.82) is 0 Å². The summed E-state index contributed by atoms with van der Waals surface area (Å²) in [7, 11) is 0. The fourth-order valence-electron chi connectivity index (χ4n) is 2.27. The van der Waals surface area contributed by atoms with Crippen LogP contribution >= 0.6 is 34.7 Å². The van der Waals surface area contributed by atoms with Gasteiger partial charge in [-0.2, -0.15) is 0 Å². The van der Waals surface area contributed by atoms with E-state index >= 15 is 0 Å². The summed E-state index contributed by atoms with van der Waals surface area (Å²) in [6.07, 6.45) is 0. The molecule has 3 aromatic rings. The first-order valence-corrected chi connectivity index (χ1v) is 10.8.